The van der Waals surface area contributed by atoms with Gasteiger partial charge in [-0.3, -0.25) is 10.1 Å². The number of amides is 1. The van der Waals surface area contributed by atoms with Crippen molar-refractivity contribution >= 4 is 17.8 Å². The maximum Gasteiger partial charge on any atom is 0.345 e. The van der Waals surface area contributed by atoms with E-state index in [2.05, 4.69) is 10.5 Å². The molecule has 0 saturated heterocycles. The molecule has 1 amide bonds. The molecule has 1 aromatic heterocycles. The summed E-state index contributed by atoms with van der Waals surface area (Å²) in [5.74, 6) is -0.866. The largest absolute Gasteiger partial charge is 0.462 e. The number of carbonyl (C=O) groups excluding carboxylic acids is 2. The second-order valence-corrected chi connectivity index (χ2v) is 2.87. The van der Waals surface area contributed by atoms with E-state index >= 15 is 0 Å². The van der Waals surface area contributed by atoms with Crippen LogP contribution in [0.4, 0.5) is 5.88 Å². The molecule has 1 aromatic rings. The van der Waals surface area contributed by atoms with Gasteiger partial charge in [0.15, 0.2) is 0 Å². The summed E-state index contributed by atoms with van der Waals surface area (Å²) in [7, 11) is 0. The molecule has 1 rings (SSSR count). The maximum atomic E-state index is 11.5. The lowest BCUT2D eigenvalue weighted by atomic mass is 10.2. The highest BCUT2D eigenvalue weighted by atomic mass is 16.5. The number of anilines is 1. The third kappa shape index (κ3) is 2.55. The Morgan fingerprint density at radius 1 is 1.53 bits per heavy atom. The second kappa shape index (κ2) is 4.59. The van der Waals surface area contributed by atoms with Gasteiger partial charge in [-0.15, -0.1) is 0 Å². The lowest BCUT2D eigenvalue weighted by Crippen LogP contribution is -2.12. The summed E-state index contributed by atoms with van der Waals surface area (Å²) in [6.07, 6.45) is 0. The Morgan fingerprint density at radius 2 is 2.20 bits per heavy atom. The molecule has 0 bridgehead atoms. The van der Waals surface area contributed by atoms with Gasteiger partial charge in [0.05, 0.1) is 12.3 Å². The van der Waals surface area contributed by atoms with Crippen LogP contribution in [-0.2, 0) is 9.53 Å². The first-order valence-electron chi connectivity index (χ1n) is 4.47. The number of aromatic nitrogens is 1. The van der Waals surface area contributed by atoms with E-state index in [1.165, 1.54) is 6.92 Å². The topological polar surface area (TPSA) is 81.4 Å². The zero-order chi connectivity index (χ0) is 11.4. The third-order valence-electron chi connectivity index (χ3n) is 1.63. The van der Waals surface area contributed by atoms with Gasteiger partial charge in [-0.25, -0.2) is 4.79 Å². The molecule has 0 spiro atoms. The van der Waals surface area contributed by atoms with Crippen molar-refractivity contribution in [2.45, 2.75) is 20.8 Å². The molecule has 1 heterocycles. The van der Waals surface area contributed by atoms with Crippen LogP contribution in [0.5, 0.6) is 0 Å². The summed E-state index contributed by atoms with van der Waals surface area (Å²) in [5.41, 5.74) is 0.546. The van der Waals surface area contributed by atoms with Crippen molar-refractivity contribution in [2.75, 3.05) is 11.9 Å². The van der Waals surface area contributed by atoms with Crippen LogP contribution in [0, 0.1) is 6.92 Å². The molecule has 6 heteroatoms. The molecule has 15 heavy (non-hydrogen) atoms. The van der Waals surface area contributed by atoms with Gasteiger partial charge >= 0.3 is 5.97 Å². The first kappa shape index (κ1) is 11.2. The van der Waals surface area contributed by atoms with Gasteiger partial charge in [0.1, 0.15) is 5.56 Å². The summed E-state index contributed by atoms with van der Waals surface area (Å²) in [5, 5.41) is 5.95. The molecule has 0 aliphatic carbocycles. The standard InChI is InChI=1S/C9H12N2O4/c1-4-14-9(13)7-5(2)11-15-8(7)10-6(3)12/h4H2,1-3H3,(H,10,12). The minimum absolute atomic E-state index is 0.0263. The zero-order valence-electron chi connectivity index (χ0n) is 8.79. The van der Waals surface area contributed by atoms with Gasteiger partial charge in [-0.1, -0.05) is 5.16 Å². The Morgan fingerprint density at radius 3 is 2.73 bits per heavy atom. The minimum Gasteiger partial charge on any atom is -0.462 e. The lowest BCUT2D eigenvalue weighted by molar-refractivity contribution is -0.114. The molecule has 0 aliphatic rings. The fraction of sp³-hybridized carbons (Fsp3) is 0.444. The molecule has 0 aromatic carbocycles. The van der Waals surface area contributed by atoms with E-state index in [0.29, 0.717) is 5.69 Å². The van der Waals surface area contributed by atoms with Crippen LogP contribution < -0.4 is 5.32 Å². The summed E-state index contributed by atoms with van der Waals surface area (Å²) in [4.78, 5) is 22.3. The Kier molecular flexibility index (Phi) is 3.43. The molecule has 0 saturated carbocycles. The van der Waals surface area contributed by atoms with E-state index in [1.54, 1.807) is 13.8 Å². The van der Waals surface area contributed by atoms with Crippen molar-refractivity contribution in [3.63, 3.8) is 0 Å². The first-order chi connectivity index (χ1) is 7.06. The fourth-order valence-electron chi connectivity index (χ4n) is 1.06. The van der Waals surface area contributed by atoms with Crippen molar-refractivity contribution in [1.29, 1.82) is 0 Å². The summed E-state index contributed by atoms with van der Waals surface area (Å²) in [6.45, 7) is 4.86. The molecule has 0 aliphatic heterocycles. The normalized spacial score (nSPS) is 9.80. The molecule has 0 fully saturated rings. The zero-order valence-corrected chi connectivity index (χ0v) is 8.79. The Hall–Kier alpha value is -1.85. The summed E-state index contributed by atoms with van der Waals surface area (Å²) in [6, 6.07) is 0. The lowest BCUT2D eigenvalue weighted by Gasteiger charge is -2.01. The summed E-state index contributed by atoms with van der Waals surface area (Å²) < 4.78 is 9.59. The predicted octanol–water partition coefficient (Wildman–Crippen LogP) is 1.12. The molecule has 6 nitrogen and oxygen atoms in total. The molecule has 0 unspecified atom stereocenters. The predicted molar refractivity (Wildman–Crippen MR) is 51.5 cm³/mol. The van der Waals surface area contributed by atoms with E-state index in [1.807, 2.05) is 0 Å². The van der Waals surface area contributed by atoms with Crippen molar-refractivity contribution in [3.8, 4) is 0 Å². The number of rotatable bonds is 3. The SMILES string of the molecule is CCOC(=O)c1c(C)noc1NC(C)=O. The van der Waals surface area contributed by atoms with Crippen molar-refractivity contribution in [3.05, 3.63) is 11.3 Å². The highest BCUT2D eigenvalue weighted by Crippen LogP contribution is 2.20. The number of aryl methyl sites for hydroxylation is 1. The average Bonchev–Trinajstić information content (AvgIpc) is 2.46. The van der Waals surface area contributed by atoms with Crippen molar-refractivity contribution in [1.82, 2.24) is 5.16 Å². The quantitative estimate of drug-likeness (QED) is 0.759. The van der Waals surface area contributed by atoms with E-state index < -0.39 is 5.97 Å². The molecule has 82 valence electrons. The molecular formula is C9H12N2O4. The van der Waals surface area contributed by atoms with Crippen LogP contribution >= 0.6 is 0 Å². The highest BCUT2D eigenvalue weighted by Gasteiger charge is 2.22. The van der Waals surface area contributed by atoms with Crippen LogP contribution in [-0.4, -0.2) is 23.6 Å². The monoisotopic (exact) mass is 212 g/mol. The molecule has 0 atom stereocenters. The number of hydrogen-bond acceptors (Lipinski definition) is 5. The Bertz CT molecular complexity index is 383. The van der Waals surface area contributed by atoms with E-state index in [4.69, 9.17) is 9.26 Å². The van der Waals surface area contributed by atoms with Gasteiger partial charge in [0.2, 0.25) is 11.8 Å². The van der Waals surface area contributed by atoms with Gasteiger partial charge < -0.3 is 9.26 Å². The van der Waals surface area contributed by atoms with E-state index in [0.717, 1.165) is 0 Å². The molecule has 0 radical (unpaired) electrons. The smallest absolute Gasteiger partial charge is 0.345 e. The van der Waals surface area contributed by atoms with Crippen LogP contribution in [0.1, 0.15) is 29.9 Å². The van der Waals surface area contributed by atoms with Crippen LogP contribution in [0.2, 0.25) is 0 Å². The number of carbonyl (C=O) groups is 2. The number of nitrogens with zero attached hydrogens (tertiary/aromatic N) is 1. The van der Waals surface area contributed by atoms with E-state index in [9.17, 15) is 9.59 Å². The third-order valence-corrected chi connectivity index (χ3v) is 1.63. The number of nitrogens with one attached hydrogen (secondary N) is 1. The first-order valence-corrected chi connectivity index (χ1v) is 4.47. The Balaban J connectivity index is 2.98. The minimum atomic E-state index is -0.556. The van der Waals surface area contributed by atoms with Crippen LogP contribution in [0.3, 0.4) is 0 Å². The molecular weight excluding hydrogens is 200 g/mol. The van der Waals surface area contributed by atoms with Crippen LogP contribution in [0.15, 0.2) is 4.52 Å². The van der Waals surface area contributed by atoms with Crippen LogP contribution in [0.25, 0.3) is 0 Å². The van der Waals surface area contributed by atoms with Gasteiger partial charge in [0.25, 0.3) is 0 Å². The Labute approximate surface area is 86.6 Å². The van der Waals surface area contributed by atoms with Gasteiger partial charge in [-0.2, -0.15) is 0 Å². The maximum absolute atomic E-state index is 11.5. The van der Waals surface area contributed by atoms with E-state index in [-0.39, 0.29) is 24.0 Å². The van der Waals surface area contributed by atoms with Gasteiger partial charge in [0, 0.05) is 6.92 Å². The fourth-order valence-corrected chi connectivity index (χ4v) is 1.06. The summed E-state index contributed by atoms with van der Waals surface area (Å²) >= 11 is 0. The number of esters is 1. The highest BCUT2D eigenvalue weighted by molar-refractivity contribution is 5.99. The van der Waals surface area contributed by atoms with Crippen molar-refractivity contribution < 1.29 is 18.8 Å². The second-order valence-electron chi connectivity index (χ2n) is 2.87. The number of ether oxygens (including phenoxy) is 1. The number of hydrogen-bond donors (Lipinski definition) is 1. The van der Waals surface area contributed by atoms with Gasteiger partial charge in [-0.05, 0) is 13.8 Å². The van der Waals surface area contributed by atoms with Crippen molar-refractivity contribution in [2.24, 2.45) is 0 Å². The molecule has 1 N–H and O–H groups in total. The average molecular weight is 212 g/mol.